The lowest BCUT2D eigenvalue weighted by Gasteiger charge is -2.09. The zero-order chi connectivity index (χ0) is 19.6. The molecule has 0 radical (unpaired) electrons. The topological polar surface area (TPSA) is 102 Å². The summed E-state index contributed by atoms with van der Waals surface area (Å²) in [6, 6.07) is 9.29. The highest BCUT2D eigenvalue weighted by molar-refractivity contribution is 6.50. The van der Waals surface area contributed by atoms with E-state index >= 15 is 0 Å². The van der Waals surface area contributed by atoms with Crippen molar-refractivity contribution >= 4 is 39.6 Å². The van der Waals surface area contributed by atoms with Gasteiger partial charge in [-0.1, -0.05) is 23.7 Å². The SMILES string of the molecule is COc1cc2nc(C(Cl)=Cc3ccc(C(=O)O)cc3)[nH]c(=O)c2cc1OC. The molecule has 0 spiro atoms. The van der Waals surface area contributed by atoms with Crippen LogP contribution in [0.25, 0.3) is 22.0 Å². The van der Waals surface area contributed by atoms with Gasteiger partial charge < -0.3 is 19.6 Å². The first kappa shape index (κ1) is 18.5. The predicted molar refractivity (Wildman–Crippen MR) is 103 cm³/mol. The minimum atomic E-state index is -1.01. The van der Waals surface area contributed by atoms with Gasteiger partial charge in [0.25, 0.3) is 5.56 Å². The second kappa shape index (κ2) is 7.51. The van der Waals surface area contributed by atoms with Crippen molar-refractivity contribution in [1.29, 1.82) is 0 Å². The summed E-state index contributed by atoms with van der Waals surface area (Å²) in [5.74, 6) is 0.0360. The summed E-state index contributed by atoms with van der Waals surface area (Å²) in [6.07, 6.45) is 1.58. The lowest BCUT2D eigenvalue weighted by Crippen LogP contribution is -2.11. The molecule has 138 valence electrons. The van der Waals surface area contributed by atoms with E-state index in [1.54, 1.807) is 30.3 Å². The normalized spacial score (nSPS) is 11.4. The minimum Gasteiger partial charge on any atom is -0.493 e. The largest absolute Gasteiger partial charge is 0.493 e. The van der Waals surface area contributed by atoms with Crippen molar-refractivity contribution in [3.05, 3.63) is 63.7 Å². The molecule has 0 saturated carbocycles. The fraction of sp³-hybridized carbons (Fsp3) is 0.105. The highest BCUT2D eigenvalue weighted by atomic mass is 35.5. The Morgan fingerprint density at radius 2 is 1.78 bits per heavy atom. The summed E-state index contributed by atoms with van der Waals surface area (Å²) in [6.45, 7) is 0. The van der Waals surface area contributed by atoms with E-state index in [2.05, 4.69) is 9.97 Å². The van der Waals surface area contributed by atoms with E-state index < -0.39 is 5.97 Å². The highest BCUT2D eigenvalue weighted by Crippen LogP contribution is 2.30. The van der Waals surface area contributed by atoms with Crippen LogP contribution in [0.15, 0.2) is 41.2 Å². The van der Waals surface area contributed by atoms with Crippen molar-refractivity contribution in [1.82, 2.24) is 9.97 Å². The van der Waals surface area contributed by atoms with Crippen LogP contribution in [-0.4, -0.2) is 35.3 Å². The first-order valence-corrected chi connectivity index (χ1v) is 8.17. The summed E-state index contributed by atoms with van der Waals surface area (Å²) in [5.41, 5.74) is 0.865. The van der Waals surface area contributed by atoms with Crippen molar-refractivity contribution in [2.24, 2.45) is 0 Å². The van der Waals surface area contributed by atoms with E-state index in [4.69, 9.17) is 26.2 Å². The molecule has 0 bridgehead atoms. The fourth-order valence-electron chi connectivity index (χ4n) is 2.52. The summed E-state index contributed by atoms with van der Waals surface area (Å²) >= 11 is 6.30. The maximum atomic E-state index is 12.4. The Morgan fingerprint density at radius 3 is 2.37 bits per heavy atom. The molecule has 8 heteroatoms. The van der Waals surface area contributed by atoms with Crippen LogP contribution in [0.1, 0.15) is 21.7 Å². The Bertz CT molecular complexity index is 1100. The Morgan fingerprint density at radius 1 is 1.15 bits per heavy atom. The van der Waals surface area contributed by atoms with Crippen molar-refractivity contribution < 1.29 is 19.4 Å². The zero-order valence-corrected chi connectivity index (χ0v) is 15.2. The molecule has 0 aliphatic rings. The van der Waals surface area contributed by atoms with Crippen LogP contribution in [0, 0.1) is 0 Å². The third-order valence-corrected chi connectivity index (χ3v) is 4.18. The standard InChI is InChI=1S/C19H15ClN2O5/c1-26-15-8-12-14(9-16(15)27-2)21-17(22-18(12)23)13(20)7-10-3-5-11(6-4-10)19(24)25/h3-9H,1-2H3,(H,24,25)(H,21,22,23). The summed E-state index contributed by atoms with van der Waals surface area (Å²) < 4.78 is 10.4. The Balaban J connectivity index is 2.05. The number of carboxylic acids is 1. The second-order valence-electron chi connectivity index (χ2n) is 5.56. The smallest absolute Gasteiger partial charge is 0.335 e. The van der Waals surface area contributed by atoms with E-state index in [0.29, 0.717) is 28.0 Å². The third-order valence-electron chi connectivity index (χ3n) is 3.89. The summed E-state index contributed by atoms with van der Waals surface area (Å²) in [4.78, 5) is 30.3. The minimum absolute atomic E-state index is 0.168. The molecule has 1 heterocycles. The maximum Gasteiger partial charge on any atom is 0.335 e. The Labute approximate surface area is 158 Å². The van der Waals surface area contributed by atoms with Crippen LogP contribution >= 0.6 is 11.6 Å². The molecule has 0 saturated heterocycles. The second-order valence-corrected chi connectivity index (χ2v) is 5.97. The number of ether oxygens (including phenoxy) is 2. The molecule has 0 fully saturated rings. The predicted octanol–water partition coefficient (Wildman–Crippen LogP) is 3.38. The van der Waals surface area contributed by atoms with Crippen LogP contribution in [0.3, 0.4) is 0 Å². The molecule has 0 aliphatic heterocycles. The van der Waals surface area contributed by atoms with Crippen molar-refractivity contribution in [2.45, 2.75) is 0 Å². The molecule has 3 rings (SSSR count). The number of methoxy groups -OCH3 is 2. The molecule has 0 unspecified atom stereocenters. The van der Waals surface area contributed by atoms with Crippen molar-refractivity contribution in [2.75, 3.05) is 14.2 Å². The van der Waals surface area contributed by atoms with Gasteiger partial charge in [-0.25, -0.2) is 9.78 Å². The number of carboxylic acid groups (broad SMARTS) is 1. The fourth-order valence-corrected chi connectivity index (χ4v) is 2.73. The number of fused-ring (bicyclic) bond motifs is 1. The van der Waals surface area contributed by atoms with Crippen molar-refractivity contribution in [3.63, 3.8) is 0 Å². The van der Waals surface area contributed by atoms with Gasteiger partial charge in [-0.3, -0.25) is 4.79 Å². The molecule has 7 nitrogen and oxygen atoms in total. The number of aromatic carboxylic acids is 1. The molecule has 0 aliphatic carbocycles. The van der Waals surface area contributed by atoms with Gasteiger partial charge in [0.05, 0.1) is 35.7 Å². The van der Waals surface area contributed by atoms with Gasteiger partial charge in [-0.2, -0.15) is 0 Å². The molecular weight excluding hydrogens is 372 g/mol. The number of H-pyrrole nitrogens is 1. The Kier molecular flexibility index (Phi) is 5.14. The van der Waals surface area contributed by atoms with Crippen LogP contribution in [0.2, 0.25) is 0 Å². The number of aromatic amines is 1. The van der Waals surface area contributed by atoms with Crippen LogP contribution in [0.5, 0.6) is 11.5 Å². The van der Waals surface area contributed by atoms with Crippen LogP contribution in [0.4, 0.5) is 0 Å². The van der Waals surface area contributed by atoms with E-state index in [1.807, 2.05) is 0 Å². The van der Waals surface area contributed by atoms with E-state index in [1.165, 1.54) is 26.4 Å². The summed E-state index contributed by atoms with van der Waals surface area (Å²) in [7, 11) is 2.97. The number of nitrogens with zero attached hydrogens (tertiary/aromatic N) is 1. The molecule has 2 aromatic carbocycles. The molecule has 2 N–H and O–H groups in total. The zero-order valence-electron chi connectivity index (χ0n) is 14.4. The third kappa shape index (κ3) is 3.78. The van der Waals surface area contributed by atoms with E-state index in [-0.39, 0.29) is 22.0 Å². The molecule has 0 atom stereocenters. The average Bonchev–Trinajstić information content (AvgIpc) is 2.67. The van der Waals surface area contributed by atoms with Gasteiger partial charge in [0.15, 0.2) is 17.3 Å². The number of halogens is 1. The monoisotopic (exact) mass is 386 g/mol. The number of aromatic nitrogens is 2. The highest BCUT2D eigenvalue weighted by Gasteiger charge is 2.12. The van der Waals surface area contributed by atoms with Crippen molar-refractivity contribution in [3.8, 4) is 11.5 Å². The number of rotatable bonds is 5. The van der Waals surface area contributed by atoms with Gasteiger partial charge in [0, 0.05) is 6.07 Å². The number of hydrogen-bond acceptors (Lipinski definition) is 5. The number of hydrogen-bond donors (Lipinski definition) is 2. The van der Waals surface area contributed by atoms with Gasteiger partial charge in [0.1, 0.15) is 0 Å². The van der Waals surface area contributed by atoms with E-state index in [9.17, 15) is 9.59 Å². The summed E-state index contributed by atoms with van der Waals surface area (Å²) in [5, 5.41) is 9.48. The lowest BCUT2D eigenvalue weighted by atomic mass is 10.1. The van der Waals surface area contributed by atoms with Gasteiger partial charge >= 0.3 is 5.97 Å². The lowest BCUT2D eigenvalue weighted by molar-refractivity contribution is 0.0697. The Hall–Kier alpha value is -3.32. The molecule has 3 aromatic rings. The van der Waals surface area contributed by atoms with Crippen LogP contribution < -0.4 is 15.0 Å². The van der Waals surface area contributed by atoms with Gasteiger partial charge in [-0.05, 0) is 29.8 Å². The first-order valence-electron chi connectivity index (χ1n) is 7.80. The molecule has 1 aromatic heterocycles. The molecule has 0 amide bonds. The van der Waals surface area contributed by atoms with Gasteiger partial charge in [-0.15, -0.1) is 0 Å². The quantitative estimate of drug-likeness (QED) is 0.697. The first-order chi connectivity index (χ1) is 12.9. The average molecular weight is 387 g/mol. The number of nitrogens with one attached hydrogen (secondary N) is 1. The molecular formula is C19H15ClN2O5. The van der Waals surface area contributed by atoms with Gasteiger partial charge in [0.2, 0.25) is 0 Å². The maximum absolute atomic E-state index is 12.4. The van der Waals surface area contributed by atoms with E-state index in [0.717, 1.165) is 0 Å². The van der Waals surface area contributed by atoms with Crippen LogP contribution in [-0.2, 0) is 0 Å². The molecule has 27 heavy (non-hydrogen) atoms. The number of benzene rings is 2. The number of carbonyl (C=O) groups is 1.